The fraction of sp³-hybridized carbons (Fsp3) is 0.655. The third-order valence-electron chi connectivity index (χ3n) is 7.57. The molecule has 0 aliphatic rings. The minimum atomic E-state index is -1.96. The highest BCUT2D eigenvalue weighted by Gasteiger charge is 2.41. The largest absolute Gasteiger partial charge is 0.496 e. The van der Waals surface area contributed by atoms with Gasteiger partial charge < -0.3 is 18.7 Å². The summed E-state index contributed by atoms with van der Waals surface area (Å²) in [6.45, 7) is 27.1. The molecule has 0 radical (unpaired) electrons. The van der Waals surface area contributed by atoms with Crippen molar-refractivity contribution >= 4 is 16.6 Å². The van der Waals surface area contributed by atoms with Gasteiger partial charge in [-0.05, 0) is 60.7 Å². The lowest BCUT2D eigenvalue weighted by atomic mass is 9.98. The van der Waals surface area contributed by atoms with Crippen molar-refractivity contribution in [2.45, 2.75) is 109 Å². The molecule has 0 amide bonds. The zero-order valence-corrected chi connectivity index (χ0v) is 26.2. The Morgan fingerprint density at radius 1 is 1.03 bits per heavy atom. The van der Waals surface area contributed by atoms with E-state index in [-0.39, 0.29) is 16.2 Å². The average Bonchev–Trinajstić information content (AvgIpc) is 2.73. The van der Waals surface area contributed by atoms with Gasteiger partial charge in [-0.3, -0.25) is 0 Å². The van der Waals surface area contributed by atoms with Gasteiger partial charge >= 0.3 is 0 Å². The van der Waals surface area contributed by atoms with Crippen molar-refractivity contribution in [2.24, 2.45) is 0 Å². The summed E-state index contributed by atoms with van der Waals surface area (Å²) in [4.78, 5) is 0. The summed E-state index contributed by atoms with van der Waals surface area (Å²) in [6, 6.07) is 5.68. The van der Waals surface area contributed by atoms with Crippen LogP contribution in [0.15, 0.2) is 30.9 Å². The predicted octanol–water partition coefficient (Wildman–Crippen LogP) is 7.65. The van der Waals surface area contributed by atoms with E-state index < -0.39 is 22.7 Å². The van der Waals surface area contributed by atoms with E-state index in [1.54, 1.807) is 7.11 Å². The smallest absolute Gasteiger partial charge is 0.192 e. The highest BCUT2D eigenvalue weighted by Crippen LogP contribution is 2.39. The molecule has 0 aromatic heterocycles. The normalized spacial score (nSPS) is 14.6. The summed E-state index contributed by atoms with van der Waals surface area (Å²) < 4.78 is 18.8. The minimum Gasteiger partial charge on any atom is -0.496 e. The van der Waals surface area contributed by atoms with Gasteiger partial charge in [-0.2, -0.15) is 0 Å². The zero-order valence-electron chi connectivity index (χ0n) is 24.2. The second kappa shape index (κ2) is 12.7. The van der Waals surface area contributed by atoms with Gasteiger partial charge in [0.05, 0.1) is 19.8 Å². The number of methoxy groups -OCH3 is 1. The molecule has 0 aliphatic carbocycles. The maximum atomic E-state index is 10.8. The van der Waals surface area contributed by atoms with E-state index in [0.29, 0.717) is 19.4 Å². The molecule has 1 N–H and O–H groups in total. The van der Waals surface area contributed by atoms with Gasteiger partial charge in [0.15, 0.2) is 16.6 Å². The number of hydrogen-bond acceptors (Lipinski definition) is 4. The van der Waals surface area contributed by atoms with Crippen LogP contribution in [0.4, 0.5) is 0 Å². The van der Waals surface area contributed by atoms with Crippen LogP contribution in [0.5, 0.6) is 5.75 Å². The molecular formula is C29H50O4Si2. The second-order valence-electron chi connectivity index (χ2n) is 12.4. The standard InChI is InChI=1S/C29H50O4Si2/c1-13-17-25-24(19-16-21-27(25)31-8)26(30)20-15-14-18-23(33-35(11,12)29(5,6)7)22-32-34(9,10)28(2,3)4/h13,16,19,21,23,26,30H,1,14,17-18,22H2,2-12H3. The first-order valence-corrected chi connectivity index (χ1v) is 18.5. The molecule has 0 spiro atoms. The van der Waals surface area contributed by atoms with Gasteiger partial charge in [0, 0.05) is 12.0 Å². The molecule has 1 rings (SSSR count). The molecule has 198 valence electrons. The van der Waals surface area contributed by atoms with Crippen LogP contribution in [0.2, 0.25) is 36.3 Å². The van der Waals surface area contributed by atoms with E-state index in [0.717, 1.165) is 23.3 Å². The molecule has 1 aromatic carbocycles. The Balaban J connectivity index is 3.00. The fourth-order valence-corrected chi connectivity index (χ4v) is 5.57. The molecule has 0 bridgehead atoms. The van der Waals surface area contributed by atoms with Crippen molar-refractivity contribution in [1.82, 2.24) is 0 Å². The Labute approximate surface area is 217 Å². The van der Waals surface area contributed by atoms with Crippen molar-refractivity contribution in [3.63, 3.8) is 0 Å². The van der Waals surface area contributed by atoms with Crippen LogP contribution in [0.3, 0.4) is 0 Å². The predicted molar refractivity (Wildman–Crippen MR) is 154 cm³/mol. The Hall–Kier alpha value is -1.37. The molecule has 35 heavy (non-hydrogen) atoms. The highest BCUT2D eigenvalue weighted by atomic mass is 28.4. The van der Waals surface area contributed by atoms with E-state index in [2.05, 4.69) is 86.2 Å². The number of hydrogen-bond donors (Lipinski definition) is 1. The van der Waals surface area contributed by atoms with E-state index in [4.69, 9.17) is 13.6 Å². The van der Waals surface area contributed by atoms with Crippen molar-refractivity contribution in [3.8, 4) is 17.6 Å². The Morgan fingerprint density at radius 3 is 2.14 bits per heavy atom. The monoisotopic (exact) mass is 518 g/mol. The van der Waals surface area contributed by atoms with Crippen LogP contribution in [0.25, 0.3) is 0 Å². The van der Waals surface area contributed by atoms with Gasteiger partial charge in [-0.25, -0.2) is 0 Å². The number of rotatable bonds is 11. The number of allylic oxidation sites excluding steroid dienone is 1. The van der Waals surface area contributed by atoms with Crippen LogP contribution < -0.4 is 4.74 Å². The Kier molecular flexibility index (Phi) is 11.5. The lowest BCUT2D eigenvalue weighted by Gasteiger charge is -2.41. The zero-order chi connectivity index (χ0) is 27.1. The van der Waals surface area contributed by atoms with E-state index >= 15 is 0 Å². The molecule has 1 aromatic rings. The molecule has 0 saturated carbocycles. The van der Waals surface area contributed by atoms with E-state index in [9.17, 15) is 5.11 Å². The van der Waals surface area contributed by atoms with Crippen LogP contribution in [-0.4, -0.2) is 41.6 Å². The second-order valence-corrected chi connectivity index (χ2v) is 21.9. The topological polar surface area (TPSA) is 47.9 Å². The van der Waals surface area contributed by atoms with Crippen molar-refractivity contribution in [2.75, 3.05) is 13.7 Å². The van der Waals surface area contributed by atoms with E-state index in [1.165, 1.54) is 0 Å². The molecule has 2 unspecified atom stereocenters. The third kappa shape index (κ3) is 9.22. The summed E-state index contributed by atoms with van der Waals surface area (Å²) in [6.07, 6.45) is 2.96. The van der Waals surface area contributed by atoms with Crippen molar-refractivity contribution in [3.05, 3.63) is 42.0 Å². The summed E-state index contributed by atoms with van der Waals surface area (Å²) in [5.74, 6) is 6.98. The molecule has 0 aliphatic heterocycles. The number of aliphatic hydroxyl groups is 1. The first-order valence-electron chi connectivity index (χ1n) is 12.7. The highest BCUT2D eigenvalue weighted by molar-refractivity contribution is 6.74. The van der Waals surface area contributed by atoms with Gasteiger partial charge in [-0.1, -0.05) is 65.7 Å². The number of benzene rings is 1. The molecule has 0 saturated heterocycles. The van der Waals surface area contributed by atoms with E-state index in [1.807, 2.05) is 24.3 Å². The minimum absolute atomic E-state index is 0.00962. The average molecular weight is 519 g/mol. The van der Waals surface area contributed by atoms with Crippen molar-refractivity contribution in [1.29, 1.82) is 0 Å². The maximum Gasteiger partial charge on any atom is 0.192 e. The SMILES string of the molecule is C=CCc1c(OC)cccc1C(O)C#CCCC(CO[Si](C)(C)C(C)(C)C)O[Si](C)(C)C(C)(C)C. The molecule has 4 nitrogen and oxygen atoms in total. The summed E-state index contributed by atoms with van der Waals surface area (Å²) in [7, 11) is -2.20. The molecule has 2 atom stereocenters. The quantitative estimate of drug-likeness (QED) is 0.186. The van der Waals surface area contributed by atoms with Gasteiger partial charge in [0.25, 0.3) is 0 Å². The maximum absolute atomic E-state index is 10.8. The molecule has 0 heterocycles. The number of ether oxygens (including phenoxy) is 1. The third-order valence-corrected chi connectivity index (χ3v) is 16.6. The van der Waals surface area contributed by atoms with Gasteiger partial charge in [-0.15, -0.1) is 12.5 Å². The first-order chi connectivity index (χ1) is 16.0. The van der Waals surface area contributed by atoms with Crippen molar-refractivity contribution < 1.29 is 18.7 Å². The lowest BCUT2D eigenvalue weighted by Crippen LogP contribution is -2.47. The van der Waals surface area contributed by atoms with Gasteiger partial charge in [0.2, 0.25) is 0 Å². The Morgan fingerprint density at radius 2 is 1.63 bits per heavy atom. The summed E-state index contributed by atoms with van der Waals surface area (Å²) in [5.41, 5.74) is 1.70. The lowest BCUT2D eigenvalue weighted by molar-refractivity contribution is 0.102. The van der Waals surface area contributed by atoms with Gasteiger partial charge in [0.1, 0.15) is 11.9 Å². The van der Waals surface area contributed by atoms with Crippen LogP contribution in [-0.2, 0) is 15.3 Å². The first kappa shape index (κ1) is 31.7. The van der Waals surface area contributed by atoms with Crippen LogP contribution >= 0.6 is 0 Å². The molecular weight excluding hydrogens is 468 g/mol. The fourth-order valence-electron chi connectivity index (χ4n) is 3.16. The molecule has 6 heteroatoms. The summed E-state index contributed by atoms with van der Waals surface area (Å²) in [5, 5.41) is 11.1. The molecule has 0 fully saturated rings. The number of aliphatic hydroxyl groups excluding tert-OH is 1. The summed E-state index contributed by atoms with van der Waals surface area (Å²) >= 11 is 0. The van der Waals surface area contributed by atoms with Crippen LogP contribution in [0, 0.1) is 11.8 Å². The van der Waals surface area contributed by atoms with Crippen LogP contribution in [0.1, 0.15) is 71.6 Å². The Bertz CT molecular complexity index is 883.